The molecule has 0 aliphatic carbocycles. The second-order valence-corrected chi connectivity index (χ2v) is 7.96. The summed E-state index contributed by atoms with van der Waals surface area (Å²) >= 11 is 12.1. The zero-order valence-corrected chi connectivity index (χ0v) is 16.2. The molecule has 1 fully saturated rings. The highest BCUT2D eigenvalue weighted by Gasteiger charge is 2.22. The summed E-state index contributed by atoms with van der Waals surface area (Å²) < 4.78 is 0. The Hall–Kier alpha value is -0.295. The number of hydrogen-bond donors (Lipinski definition) is 3. The number of benzene rings is 1. The summed E-state index contributed by atoms with van der Waals surface area (Å²) in [4.78, 5) is 2.47. The molecular formula is C18H29BCl2N2O2. The van der Waals surface area contributed by atoms with Gasteiger partial charge in [0.05, 0.1) is 10.0 Å². The third-order valence-electron chi connectivity index (χ3n) is 5.11. The second kappa shape index (κ2) is 10.8. The van der Waals surface area contributed by atoms with Crippen LogP contribution in [0, 0.1) is 5.92 Å². The lowest BCUT2D eigenvalue weighted by molar-refractivity contribution is 0.267. The van der Waals surface area contributed by atoms with Gasteiger partial charge in [0.25, 0.3) is 0 Å². The van der Waals surface area contributed by atoms with Crippen molar-refractivity contribution < 1.29 is 10.0 Å². The van der Waals surface area contributed by atoms with Gasteiger partial charge in [0.15, 0.2) is 0 Å². The molecule has 2 unspecified atom stereocenters. The summed E-state index contributed by atoms with van der Waals surface area (Å²) in [6.45, 7) is 3.03. The number of unbranched alkanes of at least 4 members (excludes halogenated alkanes) is 1. The van der Waals surface area contributed by atoms with E-state index in [1.54, 1.807) is 0 Å². The van der Waals surface area contributed by atoms with Crippen LogP contribution in [0.3, 0.4) is 0 Å². The highest BCUT2D eigenvalue weighted by atomic mass is 35.5. The van der Waals surface area contributed by atoms with E-state index in [4.69, 9.17) is 39.0 Å². The van der Waals surface area contributed by atoms with E-state index in [0.29, 0.717) is 22.3 Å². The first-order valence-electron chi connectivity index (χ1n) is 9.23. The van der Waals surface area contributed by atoms with Gasteiger partial charge in [0.1, 0.15) is 0 Å². The number of halogens is 2. The van der Waals surface area contributed by atoms with Crippen LogP contribution >= 0.6 is 23.2 Å². The molecular weight excluding hydrogens is 358 g/mol. The van der Waals surface area contributed by atoms with E-state index in [1.165, 1.54) is 12.0 Å². The Morgan fingerprint density at radius 1 is 1.16 bits per heavy atom. The summed E-state index contributed by atoms with van der Waals surface area (Å²) in [5.74, 6) is 0.554. The Labute approximate surface area is 161 Å². The van der Waals surface area contributed by atoms with E-state index >= 15 is 0 Å². The van der Waals surface area contributed by atoms with Gasteiger partial charge in [-0.05, 0) is 68.7 Å². The molecule has 1 heterocycles. The first-order chi connectivity index (χ1) is 12.0. The highest BCUT2D eigenvalue weighted by molar-refractivity contribution is 6.42. The van der Waals surface area contributed by atoms with E-state index in [-0.39, 0.29) is 6.04 Å². The van der Waals surface area contributed by atoms with Crippen molar-refractivity contribution in [1.82, 2.24) is 4.90 Å². The van der Waals surface area contributed by atoms with Crippen LogP contribution in [0.15, 0.2) is 18.2 Å². The molecule has 0 bridgehead atoms. The number of nitrogens with zero attached hydrogens (tertiary/aromatic N) is 1. The molecule has 0 spiro atoms. The summed E-state index contributed by atoms with van der Waals surface area (Å²) in [5.41, 5.74) is 7.59. The van der Waals surface area contributed by atoms with Crippen molar-refractivity contribution in [2.24, 2.45) is 11.7 Å². The minimum absolute atomic E-state index is 0.209. The fourth-order valence-corrected chi connectivity index (χ4v) is 3.93. The average Bonchev–Trinajstić information content (AvgIpc) is 2.80. The first kappa shape index (κ1) is 21.0. The maximum atomic E-state index is 8.89. The SMILES string of the molecule is NC(CCCCB(O)O)C1CCCN(Cc2ccc(Cl)c(Cl)c2)CC1. The molecule has 1 aliphatic rings. The molecule has 1 aromatic rings. The van der Waals surface area contributed by atoms with Gasteiger partial charge in [-0.1, -0.05) is 42.1 Å². The molecule has 0 saturated carbocycles. The van der Waals surface area contributed by atoms with Crippen molar-refractivity contribution in [3.05, 3.63) is 33.8 Å². The smallest absolute Gasteiger partial charge is 0.427 e. The van der Waals surface area contributed by atoms with Crippen molar-refractivity contribution >= 4 is 30.3 Å². The molecule has 4 N–H and O–H groups in total. The Kier molecular flexibility index (Phi) is 9.04. The third-order valence-corrected chi connectivity index (χ3v) is 5.85. The highest BCUT2D eigenvalue weighted by Crippen LogP contribution is 2.26. The monoisotopic (exact) mass is 386 g/mol. The van der Waals surface area contributed by atoms with Crippen LogP contribution in [0.2, 0.25) is 16.4 Å². The zero-order chi connectivity index (χ0) is 18.2. The van der Waals surface area contributed by atoms with Gasteiger partial charge in [-0.15, -0.1) is 0 Å². The molecule has 4 nitrogen and oxygen atoms in total. The molecule has 0 radical (unpaired) electrons. The van der Waals surface area contributed by atoms with Crippen LogP contribution in [0.25, 0.3) is 0 Å². The number of likely N-dealkylation sites (tertiary alicyclic amines) is 1. The molecule has 1 saturated heterocycles. The Morgan fingerprint density at radius 2 is 1.96 bits per heavy atom. The quantitative estimate of drug-likeness (QED) is 0.471. The molecule has 0 amide bonds. The van der Waals surface area contributed by atoms with Crippen molar-refractivity contribution in [3.63, 3.8) is 0 Å². The standard InChI is InChI=1S/C18H29BCl2N2O2/c20-16-7-6-14(12-17(16)21)13-23-10-3-4-15(8-11-23)18(22)5-1-2-9-19(24)25/h6-7,12,15,18,24-25H,1-5,8-11,13,22H2. The number of rotatable bonds is 8. The lowest BCUT2D eigenvalue weighted by Gasteiger charge is -2.23. The van der Waals surface area contributed by atoms with Gasteiger partial charge in [-0.25, -0.2) is 0 Å². The molecule has 2 atom stereocenters. The molecule has 1 aliphatic heterocycles. The fourth-order valence-electron chi connectivity index (χ4n) is 3.61. The largest absolute Gasteiger partial charge is 0.451 e. The second-order valence-electron chi connectivity index (χ2n) is 7.14. The maximum Gasteiger partial charge on any atom is 0.451 e. The molecule has 2 rings (SSSR count). The fraction of sp³-hybridized carbons (Fsp3) is 0.667. The molecule has 140 valence electrons. The van der Waals surface area contributed by atoms with E-state index in [9.17, 15) is 0 Å². The Balaban J connectivity index is 1.76. The van der Waals surface area contributed by atoms with Gasteiger partial charge in [-0.2, -0.15) is 0 Å². The topological polar surface area (TPSA) is 69.7 Å². The lowest BCUT2D eigenvalue weighted by atomic mass is 9.82. The van der Waals surface area contributed by atoms with Crippen molar-refractivity contribution in [2.45, 2.75) is 57.4 Å². The maximum absolute atomic E-state index is 8.89. The van der Waals surface area contributed by atoms with Crippen LogP contribution in [0.4, 0.5) is 0 Å². The van der Waals surface area contributed by atoms with Gasteiger partial charge in [0.2, 0.25) is 0 Å². The van der Waals surface area contributed by atoms with Crippen LogP contribution in [0.1, 0.15) is 44.1 Å². The number of nitrogens with two attached hydrogens (primary N) is 1. The molecule has 0 aromatic heterocycles. The Morgan fingerprint density at radius 3 is 2.68 bits per heavy atom. The predicted molar refractivity (Wildman–Crippen MR) is 106 cm³/mol. The van der Waals surface area contributed by atoms with Gasteiger partial charge in [-0.3, -0.25) is 4.90 Å². The minimum atomic E-state index is -1.19. The normalized spacial score (nSPS) is 20.3. The van der Waals surface area contributed by atoms with Gasteiger partial charge in [0, 0.05) is 12.6 Å². The third kappa shape index (κ3) is 7.45. The van der Waals surface area contributed by atoms with E-state index < -0.39 is 7.12 Å². The summed E-state index contributed by atoms with van der Waals surface area (Å²) in [6, 6.07) is 6.06. The van der Waals surface area contributed by atoms with Crippen LogP contribution < -0.4 is 5.73 Å². The molecule has 7 heteroatoms. The van der Waals surface area contributed by atoms with Crippen LogP contribution in [0.5, 0.6) is 0 Å². The zero-order valence-electron chi connectivity index (χ0n) is 14.7. The van der Waals surface area contributed by atoms with Gasteiger partial charge >= 0.3 is 7.12 Å². The predicted octanol–water partition coefficient (Wildman–Crippen LogP) is 3.57. The summed E-state index contributed by atoms with van der Waals surface area (Å²) in [5, 5.41) is 19.0. The van der Waals surface area contributed by atoms with Crippen molar-refractivity contribution in [1.29, 1.82) is 0 Å². The van der Waals surface area contributed by atoms with Crippen LogP contribution in [-0.4, -0.2) is 41.2 Å². The lowest BCUT2D eigenvalue weighted by Crippen LogP contribution is -2.31. The van der Waals surface area contributed by atoms with Crippen LogP contribution in [-0.2, 0) is 6.54 Å². The Bertz CT molecular complexity index is 534. The minimum Gasteiger partial charge on any atom is -0.427 e. The number of hydrogen-bond acceptors (Lipinski definition) is 4. The summed E-state index contributed by atoms with van der Waals surface area (Å²) in [7, 11) is -1.19. The van der Waals surface area contributed by atoms with E-state index in [1.807, 2.05) is 18.2 Å². The van der Waals surface area contributed by atoms with Crippen molar-refractivity contribution in [3.8, 4) is 0 Å². The van der Waals surface area contributed by atoms with Gasteiger partial charge < -0.3 is 15.8 Å². The van der Waals surface area contributed by atoms with Crippen molar-refractivity contribution in [2.75, 3.05) is 13.1 Å². The molecule has 1 aromatic carbocycles. The molecule has 25 heavy (non-hydrogen) atoms. The average molecular weight is 387 g/mol. The van der Waals surface area contributed by atoms with E-state index in [2.05, 4.69) is 4.90 Å². The first-order valence-corrected chi connectivity index (χ1v) is 9.99. The summed E-state index contributed by atoms with van der Waals surface area (Å²) in [6.07, 6.45) is 6.63. The van der Waals surface area contributed by atoms with E-state index in [0.717, 1.165) is 51.7 Å².